The topological polar surface area (TPSA) is 114 Å². The number of nitrogens with zero attached hydrogens (tertiary/aromatic N) is 3. The fraction of sp³-hybridized carbons (Fsp3) is 0.321. The van der Waals surface area contributed by atoms with E-state index in [4.69, 9.17) is 10.7 Å². The monoisotopic (exact) mass is 522 g/mol. The van der Waals surface area contributed by atoms with E-state index in [0.717, 1.165) is 30.8 Å². The highest BCUT2D eigenvalue weighted by Gasteiger charge is 2.60. The number of nitrogen functional groups attached to an aromatic ring is 1. The molecule has 0 aliphatic heterocycles. The van der Waals surface area contributed by atoms with Crippen molar-refractivity contribution >= 4 is 17.3 Å². The molecule has 5 atom stereocenters. The van der Waals surface area contributed by atoms with Gasteiger partial charge < -0.3 is 15.9 Å². The Kier molecular flexibility index (Phi) is 5.33. The molecule has 4 aromatic rings. The third-order valence-electron chi connectivity index (χ3n) is 8.18. The lowest BCUT2D eigenvalue weighted by Crippen LogP contribution is -2.23. The number of halogens is 3. The molecule has 2 aromatic carbocycles. The van der Waals surface area contributed by atoms with Gasteiger partial charge in [-0.15, -0.1) is 0 Å². The van der Waals surface area contributed by atoms with Crippen molar-refractivity contribution in [2.45, 2.75) is 37.5 Å². The number of aromatic nitrogens is 3. The maximum atomic E-state index is 13.2. The first-order chi connectivity index (χ1) is 18.0. The normalized spacial score (nSPS) is 24.2. The smallest absolute Gasteiger partial charge is 0.416 e. The van der Waals surface area contributed by atoms with E-state index in [-0.39, 0.29) is 29.2 Å². The first kappa shape index (κ1) is 24.4. The molecule has 2 aliphatic rings. The van der Waals surface area contributed by atoms with E-state index < -0.39 is 23.3 Å². The number of imidazole rings is 1. The van der Waals surface area contributed by atoms with E-state index in [2.05, 4.69) is 4.98 Å². The maximum absolute atomic E-state index is 13.2. The second-order valence-corrected chi connectivity index (χ2v) is 10.4. The minimum atomic E-state index is -4.52. The summed E-state index contributed by atoms with van der Waals surface area (Å²) in [5.74, 6) is 0.551. The van der Waals surface area contributed by atoms with Gasteiger partial charge in [0, 0.05) is 23.9 Å². The lowest BCUT2D eigenvalue weighted by atomic mass is 9.87. The highest BCUT2D eigenvalue weighted by molar-refractivity contribution is 5.85. The molecular weight excluding hydrogens is 497 g/mol. The van der Waals surface area contributed by atoms with Gasteiger partial charge in [0.05, 0.1) is 11.5 Å². The van der Waals surface area contributed by atoms with Crippen LogP contribution < -0.4 is 5.73 Å². The number of anilines is 1. The van der Waals surface area contributed by atoms with Crippen molar-refractivity contribution in [3.63, 3.8) is 0 Å². The molecule has 0 amide bonds. The molecule has 2 heterocycles. The summed E-state index contributed by atoms with van der Waals surface area (Å²) < 4.78 is 41.6. The van der Waals surface area contributed by atoms with Crippen molar-refractivity contribution in [3.8, 4) is 11.3 Å². The van der Waals surface area contributed by atoms with Gasteiger partial charge in [0.1, 0.15) is 28.5 Å². The van der Waals surface area contributed by atoms with Crippen LogP contribution in [0.1, 0.15) is 48.2 Å². The van der Waals surface area contributed by atoms with Gasteiger partial charge in [-0.05, 0) is 54.9 Å². The maximum Gasteiger partial charge on any atom is 0.416 e. The van der Waals surface area contributed by atoms with Crippen LogP contribution in [0.3, 0.4) is 0 Å². The van der Waals surface area contributed by atoms with Gasteiger partial charge in [-0.25, -0.2) is 9.97 Å². The Bertz CT molecular complexity index is 1550. The van der Waals surface area contributed by atoms with Gasteiger partial charge >= 0.3 is 12.1 Å². The number of aliphatic hydroxyl groups is 1. The summed E-state index contributed by atoms with van der Waals surface area (Å²) in [6, 6.07) is 11.5. The van der Waals surface area contributed by atoms with Gasteiger partial charge in [-0.1, -0.05) is 36.4 Å². The molecule has 10 heteroatoms. The molecule has 196 valence electrons. The lowest BCUT2D eigenvalue weighted by Gasteiger charge is -2.25. The van der Waals surface area contributed by atoms with Crippen molar-refractivity contribution in [1.82, 2.24) is 14.4 Å². The van der Waals surface area contributed by atoms with E-state index in [1.807, 2.05) is 4.40 Å². The van der Waals surface area contributed by atoms with Crippen molar-refractivity contribution in [2.24, 2.45) is 17.8 Å². The van der Waals surface area contributed by atoms with E-state index in [1.54, 1.807) is 36.7 Å². The Morgan fingerprint density at radius 1 is 1.05 bits per heavy atom. The van der Waals surface area contributed by atoms with Crippen molar-refractivity contribution in [2.75, 3.05) is 5.73 Å². The molecule has 4 N–H and O–H groups in total. The minimum absolute atomic E-state index is 0.101. The van der Waals surface area contributed by atoms with E-state index in [1.165, 1.54) is 19.1 Å². The first-order valence-corrected chi connectivity index (χ1v) is 12.3. The van der Waals surface area contributed by atoms with Gasteiger partial charge in [0.25, 0.3) is 0 Å². The first-order valence-electron chi connectivity index (χ1n) is 12.3. The number of alkyl halides is 3. The summed E-state index contributed by atoms with van der Waals surface area (Å²) in [5, 5.41) is 20.6. The number of hydrogen-bond donors (Lipinski definition) is 3. The number of carboxylic acids is 1. The van der Waals surface area contributed by atoms with E-state index in [9.17, 15) is 28.2 Å². The van der Waals surface area contributed by atoms with Crippen LogP contribution in [-0.2, 0) is 16.6 Å². The highest BCUT2D eigenvalue weighted by Crippen LogP contribution is 2.62. The lowest BCUT2D eigenvalue weighted by molar-refractivity contribution is -0.139. The summed E-state index contributed by atoms with van der Waals surface area (Å²) in [7, 11) is 0. The highest BCUT2D eigenvalue weighted by atomic mass is 19.4. The van der Waals surface area contributed by atoms with Crippen LogP contribution in [0, 0.1) is 17.8 Å². The van der Waals surface area contributed by atoms with Gasteiger partial charge in [-0.2, -0.15) is 13.2 Å². The van der Waals surface area contributed by atoms with Crippen LogP contribution in [0.25, 0.3) is 16.8 Å². The van der Waals surface area contributed by atoms with Crippen molar-refractivity contribution < 1.29 is 28.2 Å². The minimum Gasteiger partial charge on any atom is -0.481 e. The zero-order valence-electron chi connectivity index (χ0n) is 20.4. The predicted octanol–water partition coefficient (Wildman–Crippen LogP) is 5.08. The Labute approximate surface area is 215 Å². The molecule has 2 unspecified atom stereocenters. The number of nitrogens with two attached hydrogens (primary N) is 1. The standard InChI is InChI=1S/C28H25F3N4O3/c1-27(38,17-3-2-4-18(13-17)28(29,30)31)16-7-5-14(6-8-16)22-23-24(32)33-9-10-35(23)25(34-22)15-11-19-20(12-15)21(19)26(36)37/h2-10,13,15,19-21,38H,11-12H2,1H3,(H2,32,33)(H,36,37)/t15?,19-,20+,21?,27-/m1/s1. The molecule has 0 spiro atoms. The molecule has 2 aliphatic carbocycles. The second kappa shape index (κ2) is 8.29. The number of benzene rings is 2. The van der Waals surface area contributed by atoms with Crippen LogP contribution >= 0.6 is 0 Å². The molecule has 38 heavy (non-hydrogen) atoms. The van der Waals surface area contributed by atoms with Gasteiger partial charge in [0.15, 0.2) is 0 Å². The zero-order valence-corrected chi connectivity index (χ0v) is 20.4. The Balaban J connectivity index is 1.34. The fourth-order valence-corrected chi connectivity index (χ4v) is 6.11. The van der Waals surface area contributed by atoms with Crippen LogP contribution in [0.5, 0.6) is 0 Å². The average Bonchev–Trinajstić information content (AvgIpc) is 3.20. The molecule has 0 bridgehead atoms. The Morgan fingerprint density at radius 2 is 1.71 bits per heavy atom. The van der Waals surface area contributed by atoms with E-state index >= 15 is 0 Å². The van der Waals surface area contributed by atoms with Crippen LogP contribution in [0.2, 0.25) is 0 Å². The Hall–Kier alpha value is -3.92. The predicted molar refractivity (Wildman–Crippen MR) is 133 cm³/mol. The van der Waals surface area contributed by atoms with Crippen molar-refractivity contribution in [1.29, 1.82) is 0 Å². The molecule has 7 nitrogen and oxygen atoms in total. The van der Waals surface area contributed by atoms with E-state index in [0.29, 0.717) is 28.2 Å². The third-order valence-corrected chi connectivity index (χ3v) is 8.18. The summed E-state index contributed by atoms with van der Waals surface area (Å²) >= 11 is 0. The van der Waals surface area contributed by atoms with Gasteiger partial charge in [-0.3, -0.25) is 9.20 Å². The summed E-state index contributed by atoms with van der Waals surface area (Å²) in [6.45, 7) is 1.46. The number of rotatable bonds is 5. The second-order valence-electron chi connectivity index (χ2n) is 10.4. The number of hydrogen-bond acceptors (Lipinski definition) is 5. The number of fused-ring (bicyclic) bond motifs is 2. The summed E-state index contributed by atoms with van der Waals surface area (Å²) in [6.07, 6.45) is 0.381. The molecule has 2 fully saturated rings. The quantitative estimate of drug-likeness (QED) is 0.337. The van der Waals surface area contributed by atoms with Crippen LogP contribution in [0.15, 0.2) is 60.9 Å². The third kappa shape index (κ3) is 3.82. The molecule has 0 radical (unpaired) electrons. The summed E-state index contributed by atoms with van der Waals surface area (Å²) in [5.41, 5.74) is 6.26. The zero-order chi connectivity index (χ0) is 27.0. The van der Waals surface area contributed by atoms with Crippen molar-refractivity contribution in [3.05, 3.63) is 83.4 Å². The summed E-state index contributed by atoms with van der Waals surface area (Å²) in [4.78, 5) is 20.5. The molecule has 0 saturated heterocycles. The molecule has 2 aromatic heterocycles. The number of carbonyl (C=O) groups is 1. The van der Waals surface area contributed by atoms with Crippen LogP contribution in [-0.4, -0.2) is 30.6 Å². The molecular formula is C28H25F3N4O3. The molecule has 2 saturated carbocycles. The SMILES string of the molecule is C[C@@](O)(c1ccc(-c2nc(C3C[C@@H]4C(C(=O)O)[C@@H]4C3)n3ccnc(N)c23)cc1)c1cccc(C(F)(F)F)c1. The number of carboxylic acid groups (broad SMARTS) is 1. The van der Waals surface area contributed by atoms with Gasteiger partial charge in [0.2, 0.25) is 0 Å². The largest absolute Gasteiger partial charge is 0.481 e. The van der Waals surface area contributed by atoms with Crippen LogP contribution in [0.4, 0.5) is 19.0 Å². The average molecular weight is 523 g/mol. The number of aliphatic carboxylic acids is 1. The molecule has 6 rings (SSSR count). The fourth-order valence-electron chi connectivity index (χ4n) is 6.11. The Morgan fingerprint density at radius 3 is 2.34 bits per heavy atom.